The van der Waals surface area contributed by atoms with Gasteiger partial charge in [0.15, 0.2) is 0 Å². The summed E-state index contributed by atoms with van der Waals surface area (Å²) in [6.07, 6.45) is 0. The summed E-state index contributed by atoms with van der Waals surface area (Å²) in [7, 11) is 0. The van der Waals surface area contributed by atoms with Crippen LogP contribution < -0.4 is 10.6 Å². The van der Waals surface area contributed by atoms with Gasteiger partial charge < -0.3 is 10.6 Å². The molecule has 0 atom stereocenters. The largest absolute Gasteiger partial charge is 0.365 e. The number of anilines is 3. The highest BCUT2D eigenvalue weighted by Crippen LogP contribution is 2.27. The summed E-state index contributed by atoms with van der Waals surface area (Å²) < 4.78 is 0. The first-order valence-corrected chi connectivity index (χ1v) is 9.63. The lowest BCUT2D eigenvalue weighted by atomic mass is 10.2. The quantitative estimate of drug-likeness (QED) is 0.390. The minimum absolute atomic E-state index is 0.505. The first-order chi connectivity index (χ1) is 13.6. The lowest BCUT2D eigenvalue weighted by Crippen LogP contribution is -2.06. The van der Waals surface area contributed by atoms with Crippen LogP contribution in [0.4, 0.5) is 17.5 Å². The molecule has 1 heterocycles. The molecule has 6 heteroatoms. The second kappa shape index (κ2) is 8.05. The molecule has 4 nitrogen and oxygen atoms in total. The van der Waals surface area contributed by atoms with Gasteiger partial charge in [0.2, 0.25) is 5.95 Å². The lowest BCUT2D eigenvalue weighted by molar-refractivity contribution is 1.10. The molecule has 1 aromatic heterocycles. The van der Waals surface area contributed by atoms with E-state index < -0.39 is 0 Å². The maximum absolute atomic E-state index is 6.28. The monoisotopic (exact) mass is 408 g/mol. The minimum Gasteiger partial charge on any atom is -0.365 e. The Morgan fingerprint density at radius 3 is 2.54 bits per heavy atom. The van der Waals surface area contributed by atoms with Crippen LogP contribution in [-0.2, 0) is 6.54 Å². The maximum atomic E-state index is 6.28. The molecular formula is C22H18Cl2N4. The molecule has 3 aromatic carbocycles. The molecule has 0 saturated heterocycles. The molecule has 0 amide bonds. The molecule has 0 unspecified atom stereocenters. The second-order valence-electron chi connectivity index (χ2n) is 6.44. The summed E-state index contributed by atoms with van der Waals surface area (Å²) in [4.78, 5) is 9.34. The minimum atomic E-state index is 0.505. The molecule has 0 saturated carbocycles. The van der Waals surface area contributed by atoms with Crippen LogP contribution >= 0.6 is 23.2 Å². The van der Waals surface area contributed by atoms with E-state index in [1.54, 1.807) is 0 Å². The zero-order valence-electron chi connectivity index (χ0n) is 15.2. The van der Waals surface area contributed by atoms with E-state index in [2.05, 4.69) is 15.6 Å². The van der Waals surface area contributed by atoms with Crippen LogP contribution in [0.25, 0.3) is 10.9 Å². The number of aromatic nitrogens is 2. The number of fused-ring (bicyclic) bond motifs is 1. The molecule has 28 heavy (non-hydrogen) atoms. The van der Waals surface area contributed by atoms with Crippen molar-refractivity contribution in [1.82, 2.24) is 9.97 Å². The van der Waals surface area contributed by atoms with E-state index in [4.69, 9.17) is 28.2 Å². The zero-order valence-corrected chi connectivity index (χ0v) is 16.7. The molecule has 0 radical (unpaired) electrons. The smallest absolute Gasteiger partial charge is 0.229 e. The Kier molecular flexibility index (Phi) is 5.33. The van der Waals surface area contributed by atoms with E-state index in [9.17, 15) is 0 Å². The SMILES string of the molecule is Cc1ccc(Cl)cc1Nc1nc(NCc2ccccc2Cl)c2ccccc2n1. The number of para-hydroxylation sites is 1. The Hall–Kier alpha value is -2.82. The van der Waals surface area contributed by atoms with Crippen LogP contribution in [-0.4, -0.2) is 9.97 Å². The van der Waals surface area contributed by atoms with Crippen LogP contribution in [0.15, 0.2) is 66.7 Å². The van der Waals surface area contributed by atoms with Crippen LogP contribution in [0, 0.1) is 6.92 Å². The third-order valence-corrected chi connectivity index (χ3v) is 5.06. The highest BCUT2D eigenvalue weighted by molar-refractivity contribution is 6.31. The highest BCUT2D eigenvalue weighted by atomic mass is 35.5. The summed E-state index contributed by atoms with van der Waals surface area (Å²) in [5, 5.41) is 9.01. The average molecular weight is 409 g/mol. The van der Waals surface area contributed by atoms with Gasteiger partial charge in [0.1, 0.15) is 5.82 Å². The standard InChI is InChI=1S/C22H18Cl2N4/c1-14-10-11-16(23)12-20(14)27-22-26-19-9-5-3-7-17(19)21(28-22)25-13-15-6-2-4-8-18(15)24/h2-12H,13H2,1H3,(H2,25,26,27,28). The van der Waals surface area contributed by atoms with Gasteiger partial charge in [-0.15, -0.1) is 0 Å². The van der Waals surface area contributed by atoms with Gasteiger partial charge in [0.05, 0.1) is 5.52 Å². The normalized spacial score (nSPS) is 10.8. The van der Waals surface area contributed by atoms with Crippen molar-refractivity contribution < 1.29 is 0 Å². The predicted octanol–water partition coefficient (Wildman–Crippen LogP) is 6.60. The first kappa shape index (κ1) is 18.5. The average Bonchev–Trinajstić information content (AvgIpc) is 2.70. The van der Waals surface area contributed by atoms with E-state index in [1.165, 1.54) is 0 Å². The third-order valence-electron chi connectivity index (χ3n) is 4.45. The fourth-order valence-corrected chi connectivity index (χ4v) is 3.31. The second-order valence-corrected chi connectivity index (χ2v) is 7.29. The Morgan fingerprint density at radius 1 is 0.893 bits per heavy atom. The molecule has 4 rings (SSSR count). The molecule has 2 N–H and O–H groups in total. The fraction of sp³-hybridized carbons (Fsp3) is 0.0909. The number of rotatable bonds is 5. The van der Waals surface area contributed by atoms with Crippen LogP contribution in [0.2, 0.25) is 10.0 Å². The molecule has 0 aliphatic carbocycles. The molecule has 4 aromatic rings. The van der Waals surface area contributed by atoms with Crippen molar-refractivity contribution in [3.63, 3.8) is 0 Å². The van der Waals surface area contributed by atoms with E-state index in [1.807, 2.05) is 73.7 Å². The molecule has 0 fully saturated rings. The van der Waals surface area contributed by atoms with Crippen molar-refractivity contribution in [2.45, 2.75) is 13.5 Å². The summed E-state index contributed by atoms with van der Waals surface area (Å²) in [6, 6.07) is 21.3. The van der Waals surface area contributed by atoms with Gasteiger partial charge in [-0.3, -0.25) is 0 Å². The van der Waals surface area contributed by atoms with E-state index in [0.29, 0.717) is 17.5 Å². The van der Waals surface area contributed by atoms with Gasteiger partial charge in [-0.25, -0.2) is 4.98 Å². The lowest BCUT2D eigenvalue weighted by Gasteiger charge is -2.13. The molecule has 140 valence electrons. The van der Waals surface area contributed by atoms with Crippen molar-refractivity contribution in [3.05, 3.63) is 87.9 Å². The van der Waals surface area contributed by atoms with Crippen molar-refractivity contribution in [2.24, 2.45) is 0 Å². The Morgan fingerprint density at radius 2 is 1.68 bits per heavy atom. The zero-order chi connectivity index (χ0) is 19.5. The van der Waals surface area contributed by atoms with Gasteiger partial charge in [0.25, 0.3) is 0 Å². The Labute approximate surface area is 173 Å². The predicted molar refractivity (Wildman–Crippen MR) is 118 cm³/mol. The number of halogens is 2. The van der Waals surface area contributed by atoms with Gasteiger partial charge in [-0.2, -0.15) is 4.98 Å². The third kappa shape index (κ3) is 4.03. The molecular weight excluding hydrogens is 391 g/mol. The van der Waals surface area contributed by atoms with Crippen LogP contribution in [0.3, 0.4) is 0 Å². The fourth-order valence-electron chi connectivity index (χ4n) is 2.94. The van der Waals surface area contributed by atoms with E-state index in [-0.39, 0.29) is 0 Å². The van der Waals surface area contributed by atoms with Gasteiger partial charge in [-0.1, -0.05) is 59.6 Å². The summed E-state index contributed by atoms with van der Waals surface area (Å²) >= 11 is 12.4. The number of aryl methyl sites for hydroxylation is 1. The van der Waals surface area contributed by atoms with Crippen molar-refractivity contribution in [1.29, 1.82) is 0 Å². The van der Waals surface area contributed by atoms with E-state index in [0.717, 1.165) is 38.6 Å². The number of nitrogens with zero attached hydrogens (tertiary/aromatic N) is 2. The number of hydrogen-bond donors (Lipinski definition) is 2. The van der Waals surface area contributed by atoms with Crippen LogP contribution in [0.5, 0.6) is 0 Å². The van der Waals surface area contributed by atoms with Gasteiger partial charge >= 0.3 is 0 Å². The molecule has 0 bridgehead atoms. The summed E-state index contributed by atoms with van der Waals surface area (Å²) in [6.45, 7) is 2.58. The number of hydrogen-bond acceptors (Lipinski definition) is 4. The van der Waals surface area contributed by atoms with E-state index >= 15 is 0 Å². The molecule has 0 spiro atoms. The molecule has 0 aliphatic heterocycles. The van der Waals surface area contributed by atoms with Gasteiger partial charge in [-0.05, 0) is 48.4 Å². The summed E-state index contributed by atoms with van der Waals surface area (Å²) in [5.74, 6) is 1.25. The topological polar surface area (TPSA) is 49.8 Å². The number of nitrogens with one attached hydrogen (secondary N) is 2. The van der Waals surface area contributed by atoms with Crippen molar-refractivity contribution in [2.75, 3.05) is 10.6 Å². The Bertz CT molecular complexity index is 1140. The Balaban J connectivity index is 1.69. The highest BCUT2D eigenvalue weighted by Gasteiger charge is 2.10. The van der Waals surface area contributed by atoms with Gasteiger partial charge in [0, 0.05) is 27.7 Å². The van der Waals surface area contributed by atoms with Crippen molar-refractivity contribution >= 4 is 51.6 Å². The number of benzene rings is 3. The van der Waals surface area contributed by atoms with Crippen LogP contribution in [0.1, 0.15) is 11.1 Å². The maximum Gasteiger partial charge on any atom is 0.229 e. The summed E-state index contributed by atoms with van der Waals surface area (Å²) in [5.41, 5.74) is 3.79. The van der Waals surface area contributed by atoms with Crippen molar-refractivity contribution in [3.8, 4) is 0 Å². The molecule has 0 aliphatic rings. The first-order valence-electron chi connectivity index (χ1n) is 8.87.